The zero-order valence-corrected chi connectivity index (χ0v) is 11.2. The molecule has 0 radical (unpaired) electrons. The predicted molar refractivity (Wildman–Crippen MR) is 74.5 cm³/mol. The van der Waals surface area contributed by atoms with Crippen molar-refractivity contribution < 1.29 is 14.3 Å². The van der Waals surface area contributed by atoms with E-state index in [1.807, 2.05) is 6.08 Å². The maximum absolute atomic E-state index is 13.5. The molecular weight excluding hydrogens is 273 g/mol. The lowest BCUT2D eigenvalue weighted by Gasteiger charge is -2.22. The number of nitrogens with zero attached hydrogens (tertiary/aromatic N) is 3. The summed E-state index contributed by atoms with van der Waals surface area (Å²) in [5, 5.41) is 13.3. The Morgan fingerprint density at radius 1 is 1.48 bits per heavy atom. The molecule has 1 aliphatic rings. The Bertz CT molecular complexity index is 682. The lowest BCUT2D eigenvalue weighted by molar-refractivity contribution is -0.141. The van der Waals surface area contributed by atoms with Gasteiger partial charge in [-0.15, -0.1) is 0 Å². The fraction of sp³-hybridized carbons (Fsp3) is 0.200. The number of aromatic nitrogens is 2. The summed E-state index contributed by atoms with van der Waals surface area (Å²) >= 11 is 0. The summed E-state index contributed by atoms with van der Waals surface area (Å²) in [5.41, 5.74) is 1.45. The Hall–Kier alpha value is -2.47. The molecule has 108 valence electrons. The number of hydrogen-bond acceptors (Lipinski definition) is 3. The highest BCUT2D eigenvalue weighted by Crippen LogP contribution is 2.21. The zero-order valence-electron chi connectivity index (χ0n) is 11.2. The van der Waals surface area contributed by atoms with Crippen molar-refractivity contribution in [3.63, 3.8) is 0 Å². The fourth-order valence-electron chi connectivity index (χ4n) is 2.50. The van der Waals surface area contributed by atoms with Crippen LogP contribution in [0.2, 0.25) is 0 Å². The average molecular weight is 287 g/mol. The van der Waals surface area contributed by atoms with Crippen LogP contribution in [0.25, 0.3) is 5.69 Å². The first kappa shape index (κ1) is 13.5. The van der Waals surface area contributed by atoms with E-state index in [9.17, 15) is 14.3 Å². The van der Waals surface area contributed by atoms with E-state index in [0.29, 0.717) is 18.7 Å². The third-order valence-electron chi connectivity index (χ3n) is 3.47. The maximum atomic E-state index is 13.5. The number of halogens is 1. The number of carboxylic acid groups (broad SMARTS) is 1. The van der Waals surface area contributed by atoms with Crippen molar-refractivity contribution in [2.45, 2.75) is 12.6 Å². The SMILES string of the molecule is O=C(O)[C@H]1C=CCN1Cc1cc(F)ccc1-n1cccn1. The van der Waals surface area contributed by atoms with E-state index in [2.05, 4.69) is 5.10 Å². The first-order valence-corrected chi connectivity index (χ1v) is 6.57. The van der Waals surface area contributed by atoms with Gasteiger partial charge < -0.3 is 5.11 Å². The molecule has 2 heterocycles. The maximum Gasteiger partial charge on any atom is 0.324 e. The second-order valence-corrected chi connectivity index (χ2v) is 4.86. The highest BCUT2D eigenvalue weighted by atomic mass is 19.1. The molecule has 0 bridgehead atoms. The van der Waals surface area contributed by atoms with Gasteiger partial charge in [-0.3, -0.25) is 9.69 Å². The van der Waals surface area contributed by atoms with E-state index in [0.717, 1.165) is 5.69 Å². The zero-order chi connectivity index (χ0) is 14.8. The van der Waals surface area contributed by atoms with Crippen LogP contribution in [0.4, 0.5) is 4.39 Å². The van der Waals surface area contributed by atoms with Crippen LogP contribution in [0.5, 0.6) is 0 Å². The van der Waals surface area contributed by atoms with Gasteiger partial charge in [0.1, 0.15) is 11.9 Å². The molecule has 0 saturated carbocycles. The van der Waals surface area contributed by atoms with Crippen molar-refractivity contribution in [1.29, 1.82) is 0 Å². The normalized spacial score (nSPS) is 18.2. The second kappa shape index (κ2) is 5.49. The molecule has 0 spiro atoms. The van der Waals surface area contributed by atoms with E-state index < -0.39 is 12.0 Å². The van der Waals surface area contributed by atoms with Gasteiger partial charge in [-0.05, 0) is 29.8 Å². The summed E-state index contributed by atoms with van der Waals surface area (Å²) in [7, 11) is 0. The number of aliphatic carboxylic acids is 1. The van der Waals surface area contributed by atoms with Gasteiger partial charge in [0.25, 0.3) is 0 Å². The molecule has 1 aliphatic heterocycles. The number of carboxylic acids is 1. The molecule has 0 amide bonds. The molecule has 1 atom stereocenters. The Kier molecular flexibility index (Phi) is 3.53. The Balaban J connectivity index is 1.91. The van der Waals surface area contributed by atoms with E-state index in [1.165, 1.54) is 12.1 Å². The number of carbonyl (C=O) groups is 1. The predicted octanol–water partition coefficient (Wildman–Crippen LogP) is 1.84. The van der Waals surface area contributed by atoms with Crippen LogP contribution in [0.15, 0.2) is 48.8 Å². The molecule has 21 heavy (non-hydrogen) atoms. The average Bonchev–Trinajstić information content (AvgIpc) is 3.09. The number of hydrogen-bond donors (Lipinski definition) is 1. The quantitative estimate of drug-likeness (QED) is 0.872. The molecule has 6 heteroatoms. The molecule has 1 aromatic heterocycles. The first-order valence-electron chi connectivity index (χ1n) is 6.57. The minimum atomic E-state index is -0.902. The van der Waals surface area contributed by atoms with Crippen molar-refractivity contribution >= 4 is 5.97 Å². The molecule has 0 unspecified atom stereocenters. The summed E-state index contributed by atoms with van der Waals surface area (Å²) in [6.07, 6.45) is 6.87. The molecule has 0 fully saturated rings. The standard InChI is InChI=1S/C15H14FN3O2/c16-12-4-5-13(19-8-2-6-17-19)11(9-12)10-18-7-1-3-14(18)15(20)21/h1-6,8-9,14H,7,10H2,(H,20,21)/t14-/m1/s1. The van der Waals surface area contributed by atoms with Gasteiger partial charge in [0.2, 0.25) is 0 Å². The second-order valence-electron chi connectivity index (χ2n) is 4.86. The van der Waals surface area contributed by atoms with Crippen LogP contribution < -0.4 is 0 Å². The van der Waals surface area contributed by atoms with E-state index in [-0.39, 0.29) is 5.82 Å². The Morgan fingerprint density at radius 2 is 2.33 bits per heavy atom. The van der Waals surface area contributed by atoms with E-state index >= 15 is 0 Å². The molecule has 0 aliphatic carbocycles. The minimum absolute atomic E-state index is 0.344. The summed E-state index contributed by atoms with van der Waals surface area (Å²) in [6.45, 7) is 0.878. The van der Waals surface area contributed by atoms with Gasteiger partial charge in [0.15, 0.2) is 0 Å². The summed E-state index contributed by atoms with van der Waals surface area (Å²) in [6, 6.07) is 5.56. The smallest absolute Gasteiger partial charge is 0.324 e. The first-order chi connectivity index (χ1) is 10.1. The van der Waals surface area contributed by atoms with Crippen molar-refractivity contribution in [3.8, 4) is 5.69 Å². The lowest BCUT2D eigenvalue weighted by Crippen LogP contribution is -2.36. The largest absolute Gasteiger partial charge is 0.480 e. The Labute approximate surface area is 120 Å². The molecule has 3 rings (SSSR count). The van der Waals surface area contributed by atoms with Gasteiger partial charge >= 0.3 is 5.97 Å². The van der Waals surface area contributed by atoms with Gasteiger partial charge in [-0.25, -0.2) is 9.07 Å². The number of benzene rings is 1. The molecule has 1 aromatic carbocycles. The van der Waals surface area contributed by atoms with Crippen LogP contribution in [0.1, 0.15) is 5.56 Å². The third-order valence-corrected chi connectivity index (χ3v) is 3.47. The Morgan fingerprint density at radius 3 is 3.05 bits per heavy atom. The van der Waals surface area contributed by atoms with Crippen LogP contribution in [-0.2, 0) is 11.3 Å². The van der Waals surface area contributed by atoms with Crippen molar-refractivity contribution in [3.05, 3.63) is 60.2 Å². The van der Waals surface area contributed by atoms with Gasteiger partial charge in [-0.2, -0.15) is 5.10 Å². The molecule has 1 N–H and O–H groups in total. The summed E-state index contributed by atoms with van der Waals surface area (Å²) in [4.78, 5) is 13.0. The van der Waals surface area contributed by atoms with Crippen molar-refractivity contribution in [2.24, 2.45) is 0 Å². The molecular formula is C15H14FN3O2. The monoisotopic (exact) mass is 287 g/mol. The van der Waals surface area contributed by atoms with Crippen molar-refractivity contribution in [2.75, 3.05) is 6.54 Å². The summed E-state index contributed by atoms with van der Waals surface area (Å²) in [5.74, 6) is -1.25. The van der Waals surface area contributed by atoms with Crippen LogP contribution in [0.3, 0.4) is 0 Å². The minimum Gasteiger partial charge on any atom is -0.480 e. The molecule has 2 aromatic rings. The van der Waals surface area contributed by atoms with Gasteiger partial charge in [0.05, 0.1) is 5.69 Å². The molecule has 0 saturated heterocycles. The highest BCUT2D eigenvalue weighted by Gasteiger charge is 2.26. The van der Waals surface area contributed by atoms with Gasteiger partial charge in [0, 0.05) is 25.5 Å². The van der Waals surface area contributed by atoms with Crippen LogP contribution in [0, 0.1) is 5.82 Å². The summed E-state index contributed by atoms with van der Waals surface area (Å²) < 4.78 is 15.2. The molecule has 5 nitrogen and oxygen atoms in total. The highest BCUT2D eigenvalue weighted by molar-refractivity contribution is 5.76. The van der Waals surface area contributed by atoms with E-state index in [4.69, 9.17) is 0 Å². The van der Waals surface area contributed by atoms with Gasteiger partial charge in [-0.1, -0.05) is 12.2 Å². The third kappa shape index (κ3) is 2.71. The van der Waals surface area contributed by atoms with Crippen molar-refractivity contribution in [1.82, 2.24) is 14.7 Å². The fourth-order valence-corrected chi connectivity index (χ4v) is 2.50. The number of rotatable bonds is 4. The van der Waals surface area contributed by atoms with Crippen LogP contribution >= 0.6 is 0 Å². The van der Waals surface area contributed by atoms with Crippen LogP contribution in [-0.4, -0.2) is 38.3 Å². The lowest BCUT2D eigenvalue weighted by atomic mass is 10.1. The topological polar surface area (TPSA) is 58.4 Å². The van der Waals surface area contributed by atoms with E-state index in [1.54, 1.807) is 40.2 Å².